The fourth-order valence-electron chi connectivity index (χ4n) is 3.10. The summed E-state index contributed by atoms with van der Waals surface area (Å²) in [5, 5.41) is 0. The molecule has 29 heavy (non-hydrogen) atoms. The summed E-state index contributed by atoms with van der Waals surface area (Å²) < 4.78 is 54.2. The number of ether oxygens (including phenoxy) is 3. The smallest absolute Gasteiger partial charge is 0.416 e. The van der Waals surface area contributed by atoms with Crippen LogP contribution in [0.5, 0.6) is 17.2 Å². The standard InChI is InChI=1S/C21H22F3NO4/c1-27-17-11-19(29-3)18(28-2)10-16(17)20(26)25(15-8-9-15)12-13-4-6-14(7-5-13)21(22,23)24/h4-7,10-11,15H,8-9,12H2,1-3H3. The Bertz CT molecular complexity index is 877. The van der Waals surface area contributed by atoms with E-state index >= 15 is 0 Å². The summed E-state index contributed by atoms with van der Waals surface area (Å²) >= 11 is 0. The first-order chi connectivity index (χ1) is 13.8. The van der Waals surface area contributed by atoms with Crippen molar-refractivity contribution in [2.45, 2.75) is 31.6 Å². The minimum Gasteiger partial charge on any atom is -0.496 e. The summed E-state index contributed by atoms with van der Waals surface area (Å²) in [5.41, 5.74) is 0.216. The number of hydrogen-bond acceptors (Lipinski definition) is 4. The van der Waals surface area contributed by atoms with Crippen molar-refractivity contribution >= 4 is 5.91 Å². The zero-order chi connectivity index (χ0) is 21.2. The molecule has 2 aromatic rings. The van der Waals surface area contributed by atoms with Crippen molar-refractivity contribution in [3.05, 3.63) is 53.1 Å². The van der Waals surface area contributed by atoms with Crippen LogP contribution in [0.15, 0.2) is 36.4 Å². The Balaban J connectivity index is 1.89. The quantitative estimate of drug-likeness (QED) is 0.674. The molecular formula is C21H22F3NO4. The molecule has 5 nitrogen and oxygen atoms in total. The zero-order valence-corrected chi connectivity index (χ0v) is 16.4. The van der Waals surface area contributed by atoms with Crippen LogP contribution in [-0.4, -0.2) is 38.2 Å². The Labute approximate surface area is 167 Å². The van der Waals surface area contributed by atoms with E-state index in [2.05, 4.69) is 0 Å². The predicted octanol–water partition coefficient (Wildman–Crippen LogP) is 4.54. The molecule has 1 fully saturated rings. The van der Waals surface area contributed by atoms with Gasteiger partial charge in [0.05, 0.1) is 32.5 Å². The van der Waals surface area contributed by atoms with Gasteiger partial charge in [0.25, 0.3) is 5.91 Å². The molecule has 3 rings (SSSR count). The van der Waals surface area contributed by atoms with Crippen LogP contribution in [0, 0.1) is 0 Å². The molecule has 0 aliphatic heterocycles. The fourth-order valence-corrected chi connectivity index (χ4v) is 3.10. The Morgan fingerprint density at radius 3 is 2.00 bits per heavy atom. The monoisotopic (exact) mass is 409 g/mol. The maximum absolute atomic E-state index is 13.3. The second kappa shape index (κ2) is 8.23. The maximum atomic E-state index is 13.3. The third-order valence-corrected chi connectivity index (χ3v) is 4.82. The van der Waals surface area contributed by atoms with Crippen LogP contribution in [0.3, 0.4) is 0 Å². The average Bonchev–Trinajstić information content (AvgIpc) is 3.55. The minimum absolute atomic E-state index is 0.0441. The third kappa shape index (κ3) is 4.58. The Kier molecular flexibility index (Phi) is 5.91. The molecule has 0 atom stereocenters. The highest BCUT2D eigenvalue weighted by atomic mass is 19.4. The number of carbonyl (C=O) groups excluding carboxylic acids is 1. The number of alkyl halides is 3. The van der Waals surface area contributed by atoms with Crippen LogP contribution >= 0.6 is 0 Å². The molecule has 0 radical (unpaired) electrons. The van der Waals surface area contributed by atoms with Gasteiger partial charge in [-0.1, -0.05) is 12.1 Å². The van der Waals surface area contributed by atoms with Gasteiger partial charge in [0.1, 0.15) is 5.75 Å². The molecule has 0 unspecified atom stereocenters. The summed E-state index contributed by atoms with van der Waals surface area (Å²) in [4.78, 5) is 14.9. The summed E-state index contributed by atoms with van der Waals surface area (Å²) in [7, 11) is 4.41. The van der Waals surface area contributed by atoms with Crippen molar-refractivity contribution < 1.29 is 32.2 Å². The van der Waals surface area contributed by atoms with Crippen LogP contribution in [0.25, 0.3) is 0 Å². The van der Waals surface area contributed by atoms with Gasteiger partial charge in [-0.15, -0.1) is 0 Å². The van der Waals surface area contributed by atoms with Crippen molar-refractivity contribution in [3.8, 4) is 17.2 Å². The fraction of sp³-hybridized carbons (Fsp3) is 0.381. The number of methoxy groups -OCH3 is 3. The van der Waals surface area contributed by atoms with Crippen molar-refractivity contribution in [2.24, 2.45) is 0 Å². The molecule has 0 spiro atoms. The third-order valence-electron chi connectivity index (χ3n) is 4.82. The Morgan fingerprint density at radius 2 is 1.52 bits per heavy atom. The normalized spacial score (nSPS) is 13.7. The van der Waals surface area contributed by atoms with Gasteiger partial charge in [0.2, 0.25) is 0 Å². The SMILES string of the molecule is COc1cc(OC)c(C(=O)N(Cc2ccc(C(F)(F)F)cc2)C2CC2)cc1OC. The molecule has 8 heteroatoms. The van der Waals surface area contributed by atoms with E-state index in [0.717, 1.165) is 25.0 Å². The highest BCUT2D eigenvalue weighted by molar-refractivity contribution is 5.98. The molecule has 0 heterocycles. The number of nitrogens with zero attached hydrogens (tertiary/aromatic N) is 1. The average molecular weight is 409 g/mol. The number of carbonyl (C=O) groups is 1. The first-order valence-corrected chi connectivity index (χ1v) is 9.05. The lowest BCUT2D eigenvalue weighted by molar-refractivity contribution is -0.137. The van der Waals surface area contributed by atoms with Gasteiger partial charge in [0, 0.05) is 24.7 Å². The minimum atomic E-state index is -4.39. The lowest BCUT2D eigenvalue weighted by Crippen LogP contribution is -2.33. The molecule has 1 saturated carbocycles. The molecule has 156 valence electrons. The molecular weight excluding hydrogens is 387 g/mol. The van der Waals surface area contributed by atoms with E-state index in [1.165, 1.54) is 33.5 Å². The number of rotatable bonds is 7. The van der Waals surface area contributed by atoms with Gasteiger partial charge in [0.15, 0.2) is 11.5 Å². The second-order valence-electron chi connectivity index (χ2n) is 6.77. The van der Waals surface area contributed by atoms with E-state index in [1.54, 1.807) is 17.0 Å². The van der Waals surface area contributed by atoms with Gasteiger partial charge < -0.3 is 19.1 Å². The summed E-state index contributed by atoms with van der Waals surface area (Å²) in [6.45, 7) is 0.207. The van der Waals surface area contributed by atoms with Gasteiger partial charge in [-0.05, 0) is 30.5 Å². The largest absolute Gasteiger partial charge is 0.496 e. The predicted molar refractivity (Wildman–Crippen MR) is 100 cm³/mol. The zero-order valence-electron chi connectivity index (χ0n) is 16.4. The summed E-state index contributed by atoms with van der Waals surface area (Å²) in [6.07, 6.45) is -2.69. The lowest BCUT2D eigenvalue weighted by atomic mass is 10.1. The molecule has 1 aliphatic rings. The molecule has 2 aromatic carbocycles. The van der Waals surface area contributed by atoms with Crippen LogP contribution < -0.4 is 14.2 Å². The summed E-state index contributed by atoms with van der Waals surface area (Å²) in [5.74, 6) is 0.888. The van der Waals surface area contributed by atoms with E-state index in [-0.39, 0.29) is 18.5 Å². The van der Waals surface area contributed by atoms with Crippen molar-refractivity contribution in [1.29, 1.82) is 0 Å². The van der Waals surface area contributed by atoms with Crippen LogP contribution in [-0.2, 0) is 12.7 Å². The molecule has 1 aliphatic carbocycles. The second-order valence-corrected chi connectivity index (χ2v) is 6.77. The van der Waals surface area contributed by atoms with E-state index in [1.807, 2.05) is 0 Å². The van der Waals surface area contributed by atoms with Crippen LogP contribution in [0.2, 0.25) is 0 Å². The Hall–Kier alpha value is -2.90. The first-order valence-electron chi connectivity index (χ1n) is 9.05. The van der Waals surface area contributed by atoms with Crippen molar-refractivity contribution in [1.82, 2.24) is 4.90 Å². The summed E-state index contributed by atoms with van der Waals surface area (Å²) in [6, 6.07) is 8.04. The van der Waals surface area contributed by atoms with E-state index < -0.39 is 11.7 Å². The van der Waals surface area contributed by atoms with E-state index in [0.29, 0.717) is 28.4 Å². The van der Waals surface area contributed by atoms with Gasteiger partial charge in [-0.25, -0.2) is 0 Å². The van der Waals surface area contributed by atoms with Gasteiger partial charge in [-0.3, -0.25) is 4.79 Å². The molecule has 1 amide bonds. The van der Waals surface area contributed by atoms with Gasteiger partial charge >= 0.3 is 6.18 Å². The maximum Gasteiger partial charge on any atom is 0.416 e. The van der Waals surface area contributed by atoms with Crippen LogP contribution in [0.4, 0.5) is 13.2 Å². The van der Waals surface area contributed by atoms with Crippen molar-refractivity contribution in [2.75, 3.05) is 21.3 Å². The highest BCUT2D eigenvalue weighted by Crippen LogP contribution is 2.38. The van der Waals surface area contributed by atoms with Gasteiger partial charge in [-0.2, -0.15) is 13.2 Å². The molecule has 0 bridgehead atoms. The highest BCUT2D eigenvalue weighted by Gasteiger charge is 2.35. The Morgan fingerprint density at radius 1 is 0.966 bits per heavy atom. The molecule has 0 aromatic heterocycles. The van der Waals surface area contributed by atoms with E-state index in [9.17, 15) is 18.0 Å². The van der Waals surface area contributed by atoms with E-state index in [4.69, 9.17) is 14.2 Å². The van der Waals surface area contributed by atoms with Crippen LogP contribution in [0.1, 0.15) is 34.3 Å². The topological polar surface area (TPSA) is 48.0 Å². The molecule has 0 saturated heterocycles. The first kappa shape index (κ1) is 20.8. The number of benzene rings is 2. The molecule has 0 N–H and O–H groups in total. The number of halogens is 3. The number of hydrogen-bond donors (Lipinski definition) is 0. The lowest BCUT2D eigenvalue weighted by Gasteiger charge is -2.24. The van der Waals surface area contributed by atoms with Crippen molar-refractivity contribution in [3.63, 3.8) is 0 Å². The number of amides is 1.